The summed E-state index contributed by atoms with van der Waals surface area (Å²) in [7, 11) is 0. The fourth-order valence-electron chi connectivity index (χ4n) is 2.17. The third kappa shape index (κ3) is 2.46. The Morgan fingerprint density at radius 2 is 2.05 bits per heavy atom. The average molecular weight is 291 g/mol. The van der Waals surface area contributed by atoms with Crippen LogP contribution in [0.1, 0.15) is 23.5 Å². The van der Waals surface area contributed by atoms with Crippen LogP contribution in [0.25, 0.3) is 0 Å². The van der Waals surface area contributed by atoms with Gasteiger partial charge in [0.15, 0.2) is 11.5 Å². The zero-order chi connectivity index (χ0) is 14.1. The maximum atomic E-state index is 6.08. The topological polar surface area (TPSA) is 53.7 Å². The van der Waals surface area contributed by atoms with E-state index in [0.29, 0.717) is 5.75 Å². The number of hydrogen-bond acceptors (Lipinski definition) is 5. The maximum absolute atomic E-state index is 6.08. The van der Waals surface area contributed by atoms with Crippen molar-refractivity contribution in [2.45, 2.75) is 26.0 Å². The van der Waals surface area contributed by atoms with Crippen LogP contribution in [-0.4, -0.2) is 12.8 Å². The average Bonchev–Trinajstić information content (AvgIpc) is 3.03. The summed E-state index contributed by atoms with van der Waals surface area (Å²) in [5.41, 5.74) is 7.29. The zero-order valence-electron chi connectivity index (χ0n) is 11.5. The molecule has 0 saturated carbocycles. The van der Waals surface area contributed by atoms with Gasteiger partial charge in [-0.2, -0.15) is 0 Å². The summed E-state index contributed by atoms with van der Waals surface area (Å²) < 4.78 is 16.7. The highest BCUT2D eigenvalue weighted by Crippen LogP contribution is 2.37. The molecule has 2 unspecified atom stereocenters. The molecule has 0 saturated heterocycles. The fourth-order valence-corrected chi connectivity index (χ4v) is 3.24. The van der Waals surface area contributed by atoms with Gasteiger partial charge in [-0.25, -0.2) is 0 Å². The maximum Gasteiger partial charge on any atom is 0.231 e. The molecule has 1 aromatic carbocycles. The van der Waals surface area contributed by atoms with E-state index in [-0.39, 0.29) is 18.9 Å². The first kappa shape index (κ1) is 13.3. The molecule has 4 nitrogen and oxygen atoms in total. The van der Waals surface area contributed by atoms with Gasteiger partial charge in [-0.05, 0) is 43.0 Å². The highest BCUT2D eigenvalue weighted by atomic mass is 32.1. The Morgan fingerprint density at radius 1 is 1.25 bits per heavy atom. The van der Waals surface area contributed by atoms with Crippen LogP contribution in [0.5, 0.6) is 17.2 Å². The molecule has 2 atom stereocenters. The number of benzene rings is 1. The first-order valence-electron chi connectivity index (χ1n) is 6.51. The lowest BCUT2D eigenvalue weighted by molar-refractivity contribution is 0.172. The predicted octanol–water partition coefficient (Wildman–Crippen LogP) is 3.25. The van der Waals surface area contributed by atoms with Crippen LogP contribution < -0.4 is 19.9 Å². The molecule has 1 aliphatic rings. The van der Waals surface area contributed by atoms with Crippen LogP contribution in [0, 0.1) is 6.92 Å². The van der Waals surface area contributed by atoms with E-state index in [0.717, 1.165) is 16.4 Å². The molecule has 2 N–H and O–H groups in total. The van der Waals surface area contributed by atoms with Crippen LogP contribution in [0.4, 0.5) is 0 Å². The Morgan fingerprint density at radius 3 is 2.75 bits per heavy atom. The molecule has 1 aliphatic heterocycles. The molecule has 20 heavy (non-hydrogen) atoms. The SMILES string of the molecule is Cc1ccsc1C(Oc1ccc2c(c1)OCO2)C(C)N. The Balaban J connectivity index is 1.85. The van der Waals surface area contributed by atoms with Crippen LogP contribution in [0.15, 0.2) is 29.6 Å². The summed E-state index contributed by atoms with van der Waals surface area (Å²) in [4.78, 5) is 1.16. The second-order valence-corrected chi connectivity index (χ2v) is 5.83. The number of thiophene rings is 1. The molecule has 5 heteroatoms. The van der Waals surface area contributed by atoms with Gasteiger partial charge in [-0.1, -0.05) is 0 Å². The van der Waals surface area contributed by atoms with E-state index in [9.17, 15) is 0 Å². The van der Waals surface area contributed by atoms with Gasteiger partial charge in [0.1, 0.15) is 11.9 Å². The number of ether oxygens (including phenoxy) is 3. The highest BCUT2D eigenvalue weighted by Gasteiger charge is 2.23. The van der Waals surface area contributed by atoms with Crippen molar-refractivity contribution in [2.24, 2.45) is 5.73 Å². The molecule has 0 radical (unpaired) electrons. The van der Waals surface area contributed by atoms with Crippen molar-refractivity contribution in [1.82, 2.24) is 0 Å². The first-order valence-corrected chi connectivity index (χ1v) is 7.39. The Bertz CT molecular complexity index is 609. The van der Waals surface area contributed by atoms with E-state index in [4.69, 9.17) is 19.9 Å². The van der Waals surface area contributed by atoms with Crippen molar-refractivity contribution >= 4 is 11.3 Å². The van der Waals surface area contributed by atoms with E-state index >= 15 is 0 Å². The second-order valence-electron chi connectivity index (χ2n) is 4.88. The van der Waals surface area contributed by atoms with E-state index < -0.39 is 0 Å². The molecule has 1 aromatic heterocycles. The first-order chi connectivity index (χ1) is 9.65. The lowest BCUT2D eigenvalue weighted by Gasteiger charge is -2.22. The van der Waals surface area contributed by atoms with E-state index in [1.807, 2.05) is 25.1 Å². The molecule has 0 amide bonds. The minimum atomic E-state index is -0.157. The van der Waals surface area contributed by atoms with Gasteiger partial charge in [0.25, 0.3) is 0 Å². The van der Waals surface area contributed by atoms with Crippen molar-refractivity contribution in [3.05, 3.63) is 40.1 Å². The second kappa shape index (κ2) is 5.34. The van der Waals surface area contributed by atoms with Crippen molar-refractivity contribution < 1.29 is 14.2 Å². The molecule has 3 rings (SSSR count). The van der Waals surface area contributed by atoms with Crippen molar-refractivity contribution in [1.29, 1.82) is 0 Å². The van der Waals surface area contributed by atoms with Gasteiger partial charge in [-0.15, -0.1) is 11.3 Å². The molecule has 0 aliphatic carbocycles. The molecular formula is C15H17NO3S. The third-order valence-corrected chi connectivity index (χ3v) is 4.33. The van der Waals surface area contributed by atoms with Gasteiger partial charge in [0.05, 0.1) is 0 Å². The number of hydrogen-bond donors (Lipinski definition) is 1. The van der Waals surface area contributed by atoms with E-state index in [1.165, 1.54) is 5.56 Å². The lowest BCUT2D eigenvalue weighted by atomic mass is 10.1. The third-order valence-electron chi connectivity index (χ3n) is 3.24. The van der Waals surface area contributed by atoms with Gasteiger partial charge in [0, 0.05) is 17.0 Å². The van der Waals surface area contributed by atoms with Crippen LogP contribution in [0.2, 0.25) is 0 Å². The van der Waals surface area contributed by atoms with E-state index in [1.54, 1.807) is 11.3 Å². The Hall–Kier alpha value is -1.72. The van der Waals surface area contributed by atoms with Crippen LogP contribution in [0.3, 0.4) is 0 Å². The molecule has 2 aromatic rings. The predicted molar refractivity (Wildman–Crippen MR) is 78.6 cm³/mol. The van der Waals surface area contributed by atoms with Gasteiger partial charge >= 0.3 is 0 Å². The smallest absolute Gasteiger partial charge is 0.231 e. The van der Waals surface area contributed by atoms with Crippen molar-refractivity contribution in [2.75, 3.05) is 6.79 Å². The normalized spacial score (nSPS) is 15.9. The quantitative estimate of drug-likeness (QED) is 0.939. The number of rotatable bonds is 4. The fraction of sp³-hybridized carbons (Fsp3) is 0.333. The number of aryl methyl sites for hydroxylation is 1. The molecule has 0 fully saturated rings. The molecular weight excluding hydrogens is 274 g/mol. The van der Waals surface area contributed by atoms with Crippen molar-refractivity contribution in [3.8, 4) is 17.2 Å². The summed E-state index contributed by atoms with van der Waals surface area (Å²) in [5, 5.41) is 2.06. The molecule has 106 valence electrons. The number of nitrogens with two attached hydrogens (primary N) is 1. The summed E-state index contributed by atoms with van der Waals surface area (Å²) >= 11 is 1.67. The molecule has 0 spiro atoms. The van der Waals surface area contributed by atoms with Crippen molar-refractivity contribution in [3.63, 3.8) is 0 Å². The standard InChI is InChI=1S/C15H17NO3S/c1-9-5-6-20-15(9)14(10(2)16)19-11-3-4-12-13(7-11)18-8-17-12/h3-7,10,14H,8,16H2,1-2H3. The van der Waals surface area contributed by atoms with Gasteiger partial charge in [0.2, 0.25) is 6.79 Å². The van der Waals surface area contributed by atoms with Gasteiger partial charge < -0.3 is 19.9 Å². The Kier molecular flexibility index (Phi) is 3.54. The molecule has 2 heterocycles. The zero-order valence-corrected chi connectivity index (χ0v) is 12.3. The van der Waals surface area contributed by atoms with Crippen LogP contribution >= 0.6 is 11.3 Å². The minimum Gasteiger partial charge on any atom is -0.483 e. The molecule has 0 bridgehead atoms. The summed E-state index contributed by atoms with van der Waals surface area (Å²) in [6, 6.07) is 7.57. The Labute approximate surface area is 122 Å². The highest BCUT2D eigenvalue weighted by molar-refractivity contribution is 7.10. The van der Waals surface area contributed by atoms with Gasteiger partial charge in [-0.3, -0.25) is 0 Å². The number of fused-ring (bicyclic) bond motifs is 1. The van der Waals surface area contributed by atoms with Crippen LogP contribution in [-0.2, 0) is 0 Å². The largest absolute Gasteiger partial charge is 0.483 e. The van der Waals surface area contributed by atoms with E-state index in [2.05, 4.69) is 18.4 Å². The monoisotopic (exact) mass is 291 g/mol. The summed E-state index contributed by atoms with van der Waals surface area (Å²) in [6.07, 6.45) is -0.157. The lowest BCUT2D eigenvalue weighted by Crippen LogP contribution is -2.28. The summed E-state index contributed by atoms with van der Waals surface area (Å²) in [5.74, 6) is 2.21. The summed E-state index contributed by atoms with van der Waals surface area (Å²) in [6.45, 7) is 4.29. The minimum absolute atomic E-state index is 0.0993.